The largest absolute Gasteiger partial charge is 0.326 e. The average Bonchev–Trinajstić information content (AvgIpc) is 3.10. The van der Waals surface area contributed by atoms with Crippen molar-refractivity contribution in [3.63, 3.8) is 0 Å². The number of nitrogens with one attached hydrogen (secondary N) is 1. The molecule has 0 aliphatic carbocycles. The van der Waals surface area contributed by atoms with E-state index in [1.165, 1.54) is 11.9 Å². The van der Waals surface area contributed by atoms with Crippen LogP contribution in [0.4, 0.5) is 17.2 Å². The van der Waals surface area contributed by atoms with Crippen LogP contribution in [0.1, 0.15) is 27.2 Å². The third-order valence-corrected chi connectivity index (χ3v) is 4.90. The first-order valence-corrected chi connectivity index (χ1v) is 8.68. The number of benzene rings is 2. The summed E-state index contributed by atoms with van der Waals surface area (Å²) >= 11 is 0. The van der Waals surface area contributed by atoms with Gasteiger partial charge in [0.05, 0.1) is 0 Å². The molecule has 130 valence electrons. The van der Waals surface area contributed by atoms with Gasteiger partial charge in [-0.25, -0.2) is 9.97 Å². The van der Waals surface area contributed by atoms with E-state index < -0.39 is 0 Å². The fraction of sp³-hybridized carbons (Fsp3) is 0.190. The number of amides is 1. The van der Waals surface area contributed by atoms with Gasteiger partial charge in [-0.1, -0.05) is 30.3 Å². The molecule has 1 aromatic heterocycles. The van der Waals surface area contributed by atoms with Crippen LogP contribution >= 0.6 is 0 Å². The zero-order valence-electron chi connectivity index (χ0n) is 14.9. The van der Waals surface area contributed by atoms with Gasteiger partial charge in [0.25, 0.3) is 5.91 Å². The summed E-state index contributed by atoms with van der Waals surface area (Å²) in [5.74, 6) is 0.519. The summed E-state index contributed by atoms with van der Waals surface area (Å²) in [7, 11) is 0. The van der Waals surface area contributed by atoms with Crippen molar-refractivity contribution in [3.8, 4) is 0 Å². The third-order valence-electron chi connectivity index (χ3n) is 4.90. The van der Waals surface area contributed by atoms with Crippen LogP contribution in [-0.4, -0.2) is 22.4 Å². The highest BCUT2D eigenvalue weighted by atomic mass is 16.1. The standard InChI is InChI=1S/C21H20N4O/c1-14-6-5-8-17(15(14)2)24-21(26)18-12-20(23-13-22-18)25-11-10-16-7-3-4-9-19(16)25/h3-9,12-13H,10-11H2,1-2H3,(H,24,26). The molecule has 0 saturated heterocycles. The smallest absolute Gasteiger partial charge is 0.274 e. The summed E-state index contributed by atoms with van der Waals surface area (Å²) in [5.41, 5.74) is 5.81. The fourth-order valence-electron chi connectivity index (χ4n) is 3.27. The number of anilines is 3. The van der Waals surface area contributed by atoms with Gasteiger partial charge in [-0.3, -0.25) is 4.79 Å². The second-order valence-corrected chi connectivity index (χ2v) is 6.49. The number of nitrogens with zero attached hydrogens (tertiary/aromatic N) is 3. The summed E-state index contributed by atoms with van der Waals surface area (Å²) in [6.07, 6.45) is 2.43. The molecule has 1 amide bonds. The van der Waals surface area contributed by atoms with Gasteiger partial charge in [-0.05, 0) is 49.1 Å². The number of fused-ring (bicyclic) bond motifs is 1. The van der Waals surface area contributed by atoms with E-state index in [0.717, 1.165) is 41.3 Å². The Morgan fingerprint density at radius 1 is 1.08 bits per heavy atom. The van der Waals surface area contributed by atoms with Gasteiger partial charge in [0.1, 0.15) is 17.8 Å². The van der Waals surface area contributed by atoms with Crippen LogP contribution in [-0.2, 0) is 6.42 Å². The van der Waals surface area contributed by atoms with Crippen LogP contribution in [0.2, 0.25) is 0 Å². The Morgan fingerprint density at radius 3 is 2.81 bits per heavy atom. The zero-order valence-corrected chi connectivity index (χ0v) is 14.9. The van der Waals surface area contributed by atoms with Gasteiger partial charge in [-0.2, -0.15) is 0 Å². The first kappa shape index (κ1) is 16.3. The van der Waals surface area contributed by atoms with Gasteiger partial charge in [-0.15, -0.1) is 0 Å². The maximum absolute atomic E-state index is 12.7. The van der Waals surface area contributed by atoms with Crippen molar-refractivity contribution in [2.24, 2.45) is 0 Å². The number of hydrogen-bond acceptors (Lipinski definition) is 4. The molecule has 2 heterocycles. The Labute approximate surface area is 152 Å². The minimum atomic E-state index is -0.227. The normalized spacial score (nSPS) is 12.8. The lowest BCUT2D eigenvalue weighted by molar-refractivity contribution is 0.102. The molecule has 4 rings (SSSR count). The van der Waals surface area contributed by atoms with Crippen LogP contribution in [0.25, 0.3) is 0 Å². The summed E-state index contributed by atoms with van der Waals surface area (Å²) < 4.78 is 0. The number of aromatic nitrogens is 2. The molecule has 1 aliphatic rings. The molecule has 0 fully saturated rings. The maximum Gasteiger partial charge on any atom is 0.274 e. The number of carbonyl (C=O) groups excluding carboxylic acids is 1. The van der Waals surface area contributed by atoms with E-state index in [1.54, 1.807) is 6.07 Å². The van der Waals surface area contributed by atoms with Gasteiger partial charge >= 0.3 is 0 Å². The molecule has 0 radical (unpaired) electrons. The predicted molar refractivity (Wildman–Crippen MR) is 103 cm³/mol. The van der Waals surface area contributed by atoms with E-state index in [0.29, 0.717) is 5.69 Å². The van der Waals surface area contributed by atoms with Crippen molar-refractivity contribution in [3.05, 3.63) is 77.2 Å². The lowest BCUT2D eigenvalue weighted by atomic mass is 10.1. The second-order valence-electron chi connectivity index (χ2n) is 6.49. The third kappa shape index (κ3) is 2.92. The Morgan fingerprint density at radius 2 is 1.92 bits per heavy atom. The van der Waals surface area contributed by atoms with E-state index in [4.69, 9.17) is 0 Å². The quantitative estimate of drug-likeness (QED) is 0.779. The van der Waals surface area contributed by atoms with E-state index >= 15 is 0 Å². The van der Waals surface area contributed by atoms with Crippen molar-refractivity contribution < 1.29 is 4.79 Å². The molecular weight excluding hydrogens is 324 g/mol. The summed E-state index contributed by atoms with van der Waals surface area (Å²) in [6.45, 7) is 4.88. The molecular formula is C21H20N4O. The van der Waals surface area contributed by atoms with Crippen molar-refractivity contribution in [1.82, 2.24) is 9.97 Å². The predicted octanol–water partition coefficient (Wildman–Crippen LogP) is 4.04. The highest BCUT2D eigenvalue weighted by Gasteiger charge is 2.22. The van der Waals surface area contributed by atoms with Crippen molar-refractivity contribution in [2.75, 3.05) is 16.8 Å². The molecule has 0 unspecified atom stereocenters. The topological polar surface area (TPSA) is 58.1 Å². The fourth-order valence-corrected chi connectivity index (χ4v) is 3.27. The van der Waals surface area contributed by atoms with Crippen LogP contribution in [0.15, 0.2) is 54.9 Å². The van der Waals surface area contributed by atoms with E-state index in [1.807, 2.05) is 44.2 Å². The summed E-state index contributed by atoms with van der Waals surface area (Å²) in [5, 5.41) is 2.96. The number of aryl methyl sites for hydroxylation is 1. The van der Waals surface area contributed by atoms with Gasteiger partial charge in [0.2, 0.25) is 0 Å². The Kier molecular flexibility index (Phi) is 4.13. The van der Waals surface area contributed by atoms with Crippen molar-refractivity contribution >= 4 is 23.1 Å². The van der Waals surface area contributed by atoms with Crippen molar-refractivity contribution in [2.45, 2.75) is 20.3 Å². The van der Waals surface area contributed by atoms with E-state index in [2.05, 4.69) is 32.3 Å². The molecule has 5 heteroatoms. The monoisotopic (exact) mass is 344 g/mol. The van der Waals surface area contributed by atoms with Gasteiger partial charge in [0, 0.05) is 24.0 Å². The highest BCUT2D eigenvalue weighted by Crippen LogP contribution is 2.33. The Bertz CT molecular complexity index is 983. The highest BCUT2D eigenvalue weighted by molar-refractivity contribution is 6.03. The molecule has 0 atom stereocenters. The first-order valence-electron chi connectivity index (χ1n) is 8.68. The molecule has 2 aromatic carbocycles. The van der Waals surface area contributed by atoms with Crippen LogP contribution in [0.3, 0.4) is 0 Å². The molecule has 3 aromatic rings. The molecule has 5 nitrogen and oxygen atoms in total. The first-order chi connectivity index (χ1) is 12.6. The number of carbonyl (C=O) groups is 1. The van der Waals surface area contributed by atoms with E-state index in [9.17, 15) is 4.79 Å². The average molecular weight is 344 g/mol. The van der Waals surface area contributed by atoms with Crippen LogP contribution in [0, 0.1) is 13.8 Å². The van der Waals surface area contributed by atoms with Gasteiger partial charge < -0.3 is 10.2 Å². The minimum absolute atomic E-state index is 0.227. The molecule has 0 saturated carbocycles. The van der Waals surface area contributed by atoms with Crippen molar-refractivity contribution in [1.29, 1.82) is 0 Å². The molecule has 26 heavy (non-hydrogen) atoms. The number of para-hydroxylation sites is 1. The summed E-state index contributed by atoms with van der Waals surface area (Å²) in [4.78, 5) is 23.3. The Hall–Kier alpha value is -3.21. The van der Waals surface area contributed by atoms with E-state index in [-0.39, 0.29) is 5.91 Å². The van der Waals surface area contributed by atoms with Crippen LogP contribution in [0.5, 0.6) is 0 Å². The second kappa shape index (κ2) is 6.59. The lowest BCUT2D eigenvalue weighted by Crippen LogP contribution is -2.18. The lowest BCUT2D eigenvalue weighted by Gasteiger charge is -2.18. The molecule has 0 bridgehead atoms. The number of rotatable bonds is 3. The SMILES string of the molecule is Cc1cccc(NC(=O)c2cc(N3CCc4ccccc43)ncn2)c1C. The number of hydrogen-bond donors (Lipinski definition) is 1. The molecule has 0 spiro atoms. The Balaban J connectivity index is 1.60. The zero-order chi connectivity index (χ0) is 18.1. The molecule has 1 aliphatic heterocycles. The maximum atomic E-state index is 12.7. The van der Waals surface area contributed by atoms with Crippen LogP contribution < -0.4 is 10.2 Å². The minimum Gasteiger partial charge on any atom is -0.326 e. The molecule has 1 N–H and O–H groups in total. The summed E-state index contributed by atoms with van der Waals surface area (Å²) in [6, 6.07) is 15.9. The van der Waals surface area contributed by atoms with Gasteiger partial charge in [0.15, 0.2) is 0 Å².